The van der Waals surface area contributed by atoms with E-state index in [0.717, 1.165) is 48.0 Å². The predicted molar refractivity (Wildman–Crippen MR) is 131 cm³/mol. The highest BCUT2D eigenvalue weighted by Gasteiger charge is 2.32. The van der Waals surface area contributed by atoms with Crippen LogP contribution in [0.3, 0.4) is 0 Å². The number of rotatable bonds is 6. The van der Waals surface area contributed by atoms with Crippen molar-refractivity contribution < 1.29 is 14.6 Å². The van der Waals surface area contributed by atoms with Gasteiger partial charge in [-0.05, 0) is 44.2 Å². The molecule has 182 valence electrons. The predicted octanol–water partition coefficient (Wildman–Crippen LogP) is 2.78. The van der Waals surface area contributed by atoms with E-state index < -0.39 is 6.10 Å². The summed E-state index contributed by atoms with van der Waals surface area (Å²) in [6.45, 7) is 0. The molecule has 4 atom stereocenters. The first-order valence-electron chi connectivity index (χ1n) is 12.1. The molecule has 3 N–H and O–H groups in total. The Labute approximate surface area is 202 Å². The topological polar surface area (TPSA) is 119 Å². The van der Waals surface area contributed by atoms with Gasteiger partial charge in [0.25, 0.3) is 5.91 Å². The average Bonchev–Trinajstić information content (AvgIpc) is 3.61. The van der Waals surface area contributed by atoms with Crippen molar-refractivity contribution in [3.63, 3.8) is 0 Å². The monoisotopic (exact) mass is 475 g/mol. The fourth-order valence-electron chi connectivity index (χ4n) is 5.38. The largest absolute Gasteiger partial charge is 0.391 e. The van der Waals surface area contributed by atoms with Gasteiger partial charge in [-0.15, -0.1) is 0 Å². The highest BCUT2D eigenvalue weighted by atomic mass is 16.5. The molecule has 0 spiro atoms. The van der Waals surface area contributed by atoms with Crippen LogP contribution in [-0.2, 0) is 4.74 Å². The molecule has 4 aromatic rings. The SMILES string of the molecule is CNc1cc(-c2cn([C@H]3CCC[C@@H]3OC)c3ncccc23)nc2c(C(=O)NC3CC[C@@H]3O)cnn12. The normalized spacial score (nSPS) is 24.1. The van der Waals surface area contributed by atoms with Crippen molar-refractivity contribution in [2.45, 2.75) is 56.4 Å². The zero-order valence-corrected chi connectivity index (χ0v) is 19.8. The molecule has 1 amide bonds. The van der Waals surface area contributed by atoms with Crippen molar-refractivity contribution in [1.82, 2.24) is 29.5 Å². The summed E-state index contributed by atoms with van der Waals surface area (Å²) < 4.78 is 9.62. The number of carbonyl (C=O) groups excluding carboxylic acids is 1. The number of amides is 1. The zero-order chi connectivity index (χ0) is 24.1. The number of nitrogens with one attached hydrogen (secondary N) is 2. The van der Waals surface area contributed by atoms with Crippen LogP contribution in [0, 0.1) is 0 Å². The minimum absolute atomic E-state index is 0.149. The van der Waals surface area contributed by atoms with Crippen LogP contribution in [0.1, 0.15) is 48.5 Å². The summed E-state index contributed by atoms with van der Waals surface area (Å²) in [5.74, 6) is 0.432. The van der Waals surface area contributed by atoms with Crippen LogP contribution in [0.4, 0.5) is 5.82 Å². The number of hydrogen-bond donors (Lipinski definition) is 3. The summed E-state index contributed by atoms with van der Waals surface area (Å²) in [6.07, 6.45) is 9.74. The third kappa shape index (κ3) is 3.55. The molecule has 6 rings (SSSR count). The molecule has 10 nitrogen and oxygen atoms in total. The van der Waals surface area contributed by atoms with E-state index in [1.165, 1.54) is 6.20 Å². The first-order valence-corrected chi connectivity index (χ1v) is 12.1. The van der Waals surface area contributed by atoms with E-state index in [2.05, 4.69) is 32.6 Å². The molecule has 2 aliphatic rings. The summed E-state index contributed by atoms with van der Waals surface area (Å²) in [4.78, 5) is 22.6. The Morgan fingerprint density at radius 3 is 2.86 bits per heavy atom. The summed E-state index contributed by atoms with van der Waals surface area (Å²) in [7, 11) is 3.59. The number of aliphatic hydroxyl groups is 1. The van der Waals surface area contributed by atoms with Crippen molar-refractivity contribution >= 4 is 28.4 Å². The third-order valence-corrected chi connectivity index (χ3v) is 7.47. The zero-order valence-electron chi connectivity index (χ0n) is 19.8. The molecule has 35 heavy (non-hydrogen) atoms. The Kier molecular flexibility index (Phi) is 5.42. The highest BCUT2D eigenvalue weighted by molar-refractivity contribution is 6.01. The van der Waals surface area contributed by atoms with E-state index in [-0.39, 0.29) is 24.1 Å². The molecule has 10 heteroatoms. The summed E-state index contributed by atoms with van der Waals surface area (Å²) in [5.41, 5.74) is 3.40. The molecule has 2 saturated carbocycles. The molecular formula is C25H29N7O3. The van der Waals surface area contributed by atoms with Crippen molar-refractivity contribution in [3.05, 3.63) is 42.4 Å². The van der Waals surface area contributed by atoms with Gasteiger partial charge in [-0.2, -0.15) is 9.61 Å². The molecule has 4 aromatic heterocycles. The second-order valence-corrected chi connectivity index (χ2v) is 9.39. The number of carbonyl (C=O) groups is 1. The summed E-state index contributed by atoms with van der Waals surface area (Å²) in [5, 5.41) is 21.4. The first-order chi connectivity index (χ1) is 17.1. The first kappa shape index (κ1) is 22.0. The lowest BCUT2D eigenvalue weighted by atomic mass is 9.89. The van der Waals surface area contributed by atoms with Gasteiger partial charge >= 0.3 is 0 Å². The number of anilines is 1. The number of fused-ring (bicyclic) bond motifs is 2. The molecule has 4 heterocycles. The summed E-state index contributed by atoms with van der Waals surface area (Å²) >= 11 is 0. The highest BCUT2D eigenvalue weighted by Crippen LogP contribution is 2.38. The van der Waals surface area contributed by atoms with E-state index in [1.54, 1.807) is 11.6 Å². The number of nitrogens with zero attached hydrogens (tertiary/aromatic N) is 5. The Balaban J connectivity index is 1.47. The van der Waals surface area contributed by atoms with Gasteiger partial charge < -0.3 is 25.0 Å². The Hall–Kier alpha value is -3.50. The van der Waals surface area contributed by atoms with Gasteiger partial charge in [0.05, 0.1) is 36.2 Å². The molecular weight excluding hydrogens is 446 g/mol. The van der Waals surface area contributed by atoms with Crippen molar-refractivity contribution in [1.29, 1.82) is 0 Å². The van der Waals surface area contributed by atoms with Gasteiger partial charge in [-0.3, -0.25) is 4.79 Å². The lowest BCUT2D eigenvalue weighted by Crippen LogP contribution is -2.50. The fourth-order valence-corrected chi connectivity index (χ4v) is 5.38. The van der Waals surface area contributed by atoms with E-state index in [1.807, 2.05) is 25.4 Å². The molecule has 0 aromatic carbocycles. The second kappa shape index (κ2) is 8.62. The average molecular weight is 476 g/mol. The molecule has 0 saturated heterocycles. The van der Waals surface area contributed by atoms with Gasteiger partial charge in [0.2, 0.25) is 0 Å². The molecule has 2 aliphatic carbocycles. The van der Waals surface area contributed by atoms with Crippen molar-refractivity contribution in [3.8, 4) is 11.3 Å². The van der Waals surface area contributed by atoms with E-state index in [0.29, 0.717) is 23.4 Å². The number of ether oxygens (including phenoxy) is 1. The standard InChI is InChI=1S/C25H29N7O3/c1-26-22-11-18(29-24-15(12-28-32(22)24)25(34)30-17-8-9-20(17)33)16-13-31(19-6-3-7-21(19)35-2)23-14(16)5-4-10-27-23/h4-5,10-13,17,19-21,26,33H,3,6-9H2,1-2H3,(H,30,34)/t17?,19-,20-,21-/m0/s1. The Morgan fingerprint density at radius 1 is 1.23 bits per heavy atom. The quantitative estimate of drug-likeness (QED) is 0.392. The minimum Gasteiger partial charge on any atom is -0.391 e. The maximum absolute atomic E-state index is 13.0. The Bertz CT molecular complexity index is 1410. The van der Waals surface area contributed by atoms with Crippen LogP contribution in [-0.4, -0.2) is 67.6 Å². The van der Waals surface area contributed by atoms with Gasteiger partial charge in [-0.1, -0.05) is 0 Å². The van der Waals surface area contributed by atoms with E-state index in [9.17, 15) is 9.90 Å². The van der Waals surface area contributed by atoms with Crippen LogP contribution in [0.25, 0.3) is 27.9 Å². The van der Waals surface area contributed by atoms with Crippen LogP contribution in [0.2, 0.25) is 0 Å². The number of aromatic nitrogens is 5. The summed E-state index contributed by atoms with van der Waals surface area (Å²) in [6, 6.07) is 5.90. The molecule has 0 bridgehead atoms. The molecule has 0 aliphatic heterocycles. The molecule has 1 unspecified atom stereocenters. The number of aliphatic hydroxyl groups excluding tert-OH is 1. The van der Waals surface area contributed by atoms with Gasteiger partial charge in [0, 0.05) is 43.6 Å². The maximum atomic E-state index is 13.0. The van der Waals surface area contributed by atoms with E-state index in [4.69, 9.17) is 14.7 Å². The lowest BCUT2D eigenvalue weighted by molar-refractivity contribution is 0.0448. The van der Waals surface area contributed by atoms with Crippen LogP contribution in [0.5, 0.6) is 0 Å². The van der Waals surface area contributed by atoms with Crippen molar-refractivity contribution in [2.24, 2.45) is 0 Å². The molecule has 2 fully saturated rings. The number of methoxy groups -OCH3 is 1. The molecule has 0 radical (unpaired) electrons. The minimum atomic E-state index is -0.498. The smallest absolute Gasteiger partial charge is 0.257 e. The van der Waals surface area contributed by atoms with Crippen LogP contribution >= 0.6 is 0 Å². The Morgan fingerprint density at radius 2 is 2.11 bits per heavy atom. The van der Waals surface area contributed by atoms with Crippen LogP contribution < -0.4 is 10.6 Å². The van der Waals surface area contributed by atoms with Crippen LogP contribution in [0.15, 0.2) is 36.8 Å². The maximum Gasteiger partial charge on any atom is 0.257 e. The fraction of sp³-hybridized carbons (Fsp3) is 0.440. The van der Waals surface area contributed by atoms with Gasteiger partial charge in [-0.25, -0.2) is 9.97 Å². The number of pyridine rings is 1. The van der Waals surface area contributed by atoms with Gasteiger partial charge in [0.1, 0.15) is 17.0 Å². The van der Waals surface area contributed by atoms with Gasteiger partial charge in [0.15, 0.2) is 5.65 Å². The number of hydrogen-bond acceptors (Lipinski definition) is 7. The third-order valence-electron chi connectivity index (χ3n) is 7.47. The van der Waals surface area contributed by atoms with E-state index >= 15 is 0 Å². The lowest BCUT2D eigenvalue weighted by Gasteiger charge is -2.32. The van der Waals surface area contributed by atoms with Crippen molar-refractivity contribution in [2.75, 3.05) is 19.5 Å². The second-order valence-electron chi connectivity index (χ2n) is 9.39.